The standard InChI is InChI=1S/C22H30NO5P/c1-7-26-29(25,27-8-2)16(3)20(23-21(24)28-22(4,5)6)19-15-11-13-17-12-9-10-14-18(17)19/h9-15,20H,3,7-8H2,1-2,4-6H3,(H,23,24). The molecule has 0 aliphatic heterocycles. The van der Waals surface area contributed by atoms with Crippen molar-refractivity contribution in [2.24, 2.45) is 0 Å². The van der Waals surface area contributed by atoms with Crippen LogP contribution >= 0.6 is 7.60 Å². The second-order valence-electron chi connectivity index (χ2n) is 7.47. The van der Waals surface area contributed by atoms with Crippen molar-refractivity contribution in [1.82, 2.24) is 5.32 Å². The SMILES string of the molecule is C=C(C(NC(=O)OC(C)(C)C)c1cccc2ccccc12)P(=O)(OCC)OCC. The third kappa shape index (κ3) is 5.92. The highest BCUT2D eigenvalue weighted by Gasteiger charge is 2.36. The molecule has 0 aromatic heterocycles. The molecule has 0 aliphatic carbocycles. The van der Waals surface area contributed by atoms with Crippen molar-refractivity contribution in [1.29, 1.82) is 0 Å². The molecule has 2 aromatic rings. The van der Waals surface area contributed by atoms with Crippen molar-refractivity contribution in [2.75, 3.05) is 13.2 Å². The molecule has 29 heavy (non-hydrogen) atoms. The van der Waals surface area contributed by atoms with Gasteiger partial charge in [0.15, 0.2) is 0 Å². The molecule has 1 atom stereocenters. The summed E-state index contributed by atoms with van der Waals surface area (Å²) in [7, 11) is -3.68. The van der Waals surface area contributed by atoms with E-state index in [1.165, 1.54) is 0 Å². The minimum Gasteiger partial charge on any atom is -0.444 e. The molecule has 0 saturated heterocycles. The molecule has 7 heteroatoms. The van der Waals surface area contributed by atoms with Crippen LogP contribution in [0, 0.1) is 0 Å². The second-order valence-corrected chi connectivity index (χ2v) is 9.56. The highest BCUT2D eigenvalue weighted by molar-refractivity contribution is 7.58. The summed E-state index contributed by atoms with van der Waals surface area (Å²) in [5, 5.41) is 4.85. The minimum atomic E-state index is -3.68. The first-order valence-electron chi connectivity index (χ1n) is 9.67. The van der Waals surface area contributed by atoms with E-state index >= 15 is 0 Å². The van der Waals surface area contributed by atoms with Crippen molar-refractivity contribution < 1.29 is 23.1 Å². The summed E-state index contributed by atoms with van der Waals surface area (Å²) in [6, 6.07) is 12.6. The molecule has 158 valence electrons. The maximum Gasteiger partial charge on any atom is 0.408 e. The molecule has 0 saturated carbocycles. The smallest absolute Gasteiger partial charge is 0.408 e. The number of carbonyl (C=O) groups excluding carboxylic acids is 1. The minimum absolute atomic E-state index is 0.156. The van der Waals surface area contributed by atoms with Crippen LogP contribution in [0.4, 0.5) is 4.79 Å². The number of fused-ring (bicyclic) bond motifs is 1. The number of amides is 1. The van der Waals surface area contributed by atoms with E-state index in [9.17, 15) is 9.36 Å². The van der Waals surface area contributed by atoms with E-state index in [0.717, 1.165) is 16.3 Å². The van der Waals surface area contributed by atoms with Crippen LogP contribution in [0.1, 0.15) is 46.2 Å². The maximum absolute atomic E-state index is 13.4. The third-order valence-corrected chi connectivity index (χ3v) is 6.24. The molecule has 1 N–H and O–H groups in total. The summed E-state index contributed by atoms with van der Waals surface area (Å²) >= 11 is 0. The maximum atomic E-state index is 13.4. The molecule has 0 heterocycles. The van der Waals surface area contributed by atoms with Crippen molar-refractivity contribution in [3.05, 3.63) is 59.9 Å². The molecule has 1 unspecified atom stereocenters. The van der Waals surface area contributed by atoms with Gasteiger partial charge in [0.1, 0.15) is 5.60 Å². The van der Waals surface area contributed by atoms with Crippen molar-refractivity contribution in [2.45, 2.75) is 46.3 Å². The Balaban J connectivity index is 2.55. The molecule has 0 aliphatic rings. The number of hydrogen-bond acceptors (Lipinski definition) is 5. The van der Waals surface area contributed by atoms with E-state index in [0.29, 0.717) is 0 Å². The van der Waals surface area contributed by atoms with E-state index in [4.69, 9.17) is 13.8 Å². The van der Waals surface area contributed by atoms with Gasteiger partial charge in [0, 0.05) is 0 Å². The molecular formula is C22H30NO5P. The van der Waals surface area contributed by atoms with Gasteiger partial charge < -0.3 is 19.1 Å². The first-order chi connectivity index (χ1) is 13.6. The molecule has 0 radical (unpaired) electrons. The van der Waals surface area contributed by atoms with Crippen LogP contribution in [-0.2, 0) is 18.3 Å². The fourth-order valence-corrected chi connectivity index (χ4v) is 4.58. The molecule has 0 bridgehead atoms. The third-order valence-electron chi connectivity index (χ3n) is 4.08. The van der Waals surface area contributed by atoms with Crippen LogP contribution in [0.15, 0.2) is 54.4 Å². The van der Waals surface area contributed by atoms with Gasteiger partial charge in [-0.3, -0.25) is 4.57 Å². The highest BCUT2D eigenvalue weighted by Crippen LogP contribution is 2.59. The second kappa shape index (κ2) is 9.57. The Bertz CT molecular complexity index is 904. The molecule has 2 aromatic carbocycles. The molecule has 1 amide bonds. The first kappa shape index (κ1) is 23.1. The normalized spacial score (nSPS) is 13.1. The van der Waals surface area contributed by atoms with Crippen LogP contribution in [-0.4, -0.2) is 24.9 Å². The quantitative estimate of drug-likeness (QED) is 0.517. The van der Waals surface area contributed by atoms with Gasteiger partial charge in [-0.25, -0.2) is 4.79 Å². The monoisotopic (exact) mass is 419 g/mol. The van der Waals surface area contributed by atoms with Crippen LogP contribution < -0.4 is 5.32 Å². The molecular weight excluding hydrogens is 389 g/mol. The zero-order valence-corrected chi connectivity index (χ0v) is 18.6. The summed E-state index contributed by atoms with van der Waals surface area (Å²) in [5.41, 5.74) is 0.0525. The van der Waals surface area contributed by atoms with E-state index in [1.54, 1.807) is 34.6 Å². The van der Waals surface area contributed by atoms with Crippen LogP contribution in [0.5, 0.6) is 0 Å². The number of carbonyl (C=O) groups is 1. The number of alkyl carbamates (subject to hydrolysis) is 1. The fraction of sp³-hybridized carbons (Fsp3) is 0.409. The van der Waals surface area contributed by atoms with Crippen LogP contribution in [0.2, 0.25) is 0 Å². The lowest BCUT2D eigenvalue weighted by Gasteiger charge is -2.29. The van der Waals surface area contributed by atoms with E-state index in [1.807, 2.05) is 42.5 Å². The Morgan fingerprint density at radius 1 is 1.07 bits per heavy atom. The Morgan fingerprint density at radius 3 is 2.24 bits per heavy atom. The predicted octanol–water partition coefficient (Wildman–Crippen LogP) is 6.19. The lowest BCUT2D eigenvalue weighted by Crippen LogP contribution is -2.35. The number of hydrogen-bond donors (Lipinski definition) is 1. The number of benzene rings is 2. The molecule has 0 spiro atoms. The van der Waals surface area contributed by atoms with Gasteiger partial charge in [0.05, 0.1) is 24.6 Å². The lowest BCUT2D eigenvalue weighted by molar-refractivity contribution is 0.0512. The van der Waals surface area contributed by atoms with Crippen molar-refractivity contribution >= 4 is 24.5 Å². The highest BCUT2D eigenvalue weighted by atomic mass is 31.2. The van der Waals surface area contributed by atoms with E-state index < -0.39 is 25.3 Å². The summed E-state index contributed by atoms with van der Waals surface area (Å²) in [6.45, 7) is 13.2. The topological polar surface area (TPSA) is 73.9 Å². The largest absolute Gasteiger partial charge is 0.444 e. The first-order valence-corrected chi connectivity index (χ1v) is 11.2. The molecule has 0 fully saturated rings. The fourth-order valence-electron chi connectivity index (χ4n) is 2.97. The summed E-state index contributed by atoms with van der Waals surface area (Å²) in [6.07, 6.45) is -0.642. The number of ether oxygens (including phenoxy) is 1. The van der Waals surface area contributed by atoms with E-state index in [-0.39, 0.29) is 18.5 Å². The van der Waals surface area contributed by atoms with Crippen molar-refractivity contribution in [3.63, 3.8) is 0 Å². The van der Waals surface area contributed by atoms with Gasteiger partial charge in [-0.15, -0.1) is 0 Å². The van der Waals surface area contributed by atoms with Gasteiger partial charge in [-0.2, -0.15) is 0 Å². The molecule has 2 rings (SSSR count). The van der Waals surface area contributed by atoms with E-state index in [2.05, 4.69) is 11.9 Å². The zero-order valence-electron chi connectivity index (χ0n) is 17.7. The zero-order chi connectivity index (χ0) is 21.7. The summed E-state index contributed by atoms with van der Waals surface area (Å²) in [5.74, 6) is 0. The van der Waals surface area contributed by atoms with Gasteiger partial charge in [0.25, 0.3) is 0 Å². The Labute approximate surface area is 172 Å². The average molecular weight is 419 g/mol. The lowest BCUT2D eigenvalue weighted by atomic mass is 9.98. The average Bonchev–Trinajstić information content (AvgIpc) is 2.64. The predicted molar refractivity (Wildman–Crippen MR) is 116 cm³/mol. The summed E-state index contributed by atoms with van der Waals surface area (Å²) in [4.78, 5) is 12.6. The van der Waals surface area contributed by atoms with Crippen molar-refractivity contribution in [3.8, 4) is 0 Å². The van der Waals surface area contributed by atoms with Crippen LogP contribution in [0.3, 0.4) is 0 Å². The Hall–Kier alpha value is -2.14. The van der Waals surface area contributed by atoms with Crippen LogP contribution in [0.25, 0.3) is 10.8 Å². The number of rotatable bonds is 8. The van der Waals surface area contributed by atoms with Gasteiger partial charge in [-0.05, 0) is 51.0 Å². The van der Waals surface area contributed by atoms with Gasteiger partial charge in [0.2, 0.25) is 0 Å². The molecule has 6 nitrogen and oxygen atoms in total. The summed E-state index contributed by atoms with van der Waals surface area (Å²) < 4.78 is 29.8. The van der Waals surface area contributed by atoms with Gasteiger partial charge >= 0.3 is 13.7 Å². The Kier molecular flexibility index (Phi) is 7.64. The van der Waals surface area contributed by atoms with Gasteiger partial charge in [-0.1, -0.05) is 49.0 Å². The Morgan fingerprint density at radius 2 is 1.66 bits per heavy atom. The number of nitrogens with one attached hydrogen (secondary N) is 1.